The smallest absolute Gasteiger partial charge is 0.266 e. The summed E-state index contributed by atoms with van der Waals surface area (Å²) in [7, 11) is -4.31. The molecule has 31 heavy (non-hydrogen) atoms. The van der Waals surface area contributed by atoms with Crippen molar-refractivity contribution in [1.82, 2.24) is 0 Å². The highest BCUT2D eigenvalue weighted by Crippen LogP contribution is 2.37. The van der Waals surface area contributed by atoms with Crippen molar-refractivity contribution in [3.63, 3.8) is 0 Å². The van der Waals surface area contributed by atoms with Crippen LogP contribution in [0.5, 0.6) is 0 Å². The second-order valence-electron chi connectivity index (χ2n) is 7.17. The van der Waals surface area contributed by atoms with Crippen LogP contribution >= 0.6 is 0 Å². The molecule has 3 nitrogen and oxygen atoms in total. The van der Waals surface area contributed by atoms with Crippen LogP contribution in [0, 0.1) is 11.6 Å². The minimum absolute atomic E-state index is 0.0372. The number of hydrogen-bond donors (Lipinski definition) is 0. The molecule has 0 atom stereocenters. The number of sulfonamides is 1. The van der Waals surface area contributed by atoms with E-state index in [2.05, 4.69) is 0 Å². The number of rotatable bonds is 3. The van der Waals surface area contributed by atoms with Crippen molar-refractivity contribution in [1.29, 1.82) is 0 Å². The van der Waals surface area contributed by atoms with E-state index < -0.39 is 38.3 Å². The fraction of sp³-hybridized carbons (Fsp3) is 0.182. The maximum Gasteiger partial charge on any atom is 0.416 e. The quantitative estimate of drug-likeness (QED) is 0.471. The second-order valence-corrected chi connectivity index (χ2v) is 9.04. The van der Waals surface area contributed by atoms with Crippen molar-refractivity contribution in [2.24, 2.45) is 0 Å². The van der Waals surface area contributed by atoms with E-state index in [-0.39, 0.29) is 23.4 Å². The maximum atomic E-state index is 14.2. The molecule has 0 unspecified atom stereocenters. The Balaban J connectivity index is 1.82. The summed E-state index contributed by atoms with van der Waals surface area (Å²) in [5.41, 5.74) is 0.0558. The number of hydrogen-bond acceptors (Lipinski definition) is 2. The maximum absolute atomic E-state index is 14.2. The third-order valence-corrected chi connectivity index (χ3v) is 6.96. The molecule has 1 aliphatic rings. The summed E-state index contributed by atoms with van der Waals surface area (Å²) in [4.78, 5) is -0.488. The molecule has 1 aliphatic heterocycles. The lowest BCUT2D eigenvalue weighted by Crippen LogP contribution is -2.35. The predicted octanol–water partition coefficient (Wildman–Crippen LogP) is 5.79. The lowest BCUT2D eigenvalue weighted by atomic mass is 9.97. The highest BCUT2D eigenvalue weighted by Gasteiger charge is 2.34. The van der Waals surface area contributed by atoms with E-state index in [0.29, 0.717) is 24.5 Å². The van der Waals surface area contributed by atoms with Crippen molar-refractivity contribution >= 4 is 15.7 Å². The van der Waals surface area contributed by atoms with Crippen LogP contribution in [0.4, 0.5) is 27.6 Å². The summed E-state index contributed by atoms with van der Waals surface area (Å²) < 4.78 is 94.6. The molecule has 0 radical (unpaired) electrons. The first kappa shape index (κ1) is 21.3. The van der Waals surface area contributed by atoms with Gasteiger partial charge in [-0.25, -0.2) is 17.2 Å². The average molecular weight is 453 g/mol. The van der Waals surface area contributed by atoms with Crippen molar-refractivity contribution in [3.8, 4) is 11.1 Å². The number of anilines is 1. The summed E-state index contributed by atoms with van der Waals surface area (Å²) in [6.45, 7) is 0.0562. The Bertz CT molecular complexity index is 1250. The highest BCUT2D eigenvalue weighted by atomic mass is 32.2. The molecule has 0 aromatic heterocycles. The zero-order valence-electron chi connectivity index (χ0n) is 16.0. The van der Waals surface area contributed by atoms with E-state index in [9.17, 15) is 30.4 Å². The Labute approximate surface area is 175 Å². The molecule has 0 saturated heterocycles. The Morgan fingerprint density at radius 3 is 2.42 bits per heavy atom. The van der Waals surface area contributed by atoms with E-state index in [1.165, 1.54) is 6.07 Å². The lowest BCUT2D eigenvalue weighted by molar-refractivity contribution is -0.137. The van der Waals surface area contributed by atoms with Gasteiger partial charge in [0.1, 0.15) is 11.6 Å². The summed E-state index contributed by atoms with van der Waals surface area (Å²) in [6, 6.07) is 11.1. The van der Waals surface area contributed by atoms with E-state index in [1.807, 2.05) is 0 Å². The molecule has 162 valence electrons. The minimum Gasteiger partial charge on any atom is -0.266 e. The van der Waals surface area contributed by atoms with Crippen LogP contribution in [0.25, 0.3) is 11.1 Å². The van der Waals surface area contributed by atoms with Crippen molar-refractivity contribution < 1.29 is 30.4 Å². The van der Waals surface area contributed by atoms with Gasteiger partial charge in [0.15, 0.2) is 0 Å². The topological polar surface area (TPSA) is 37.4 Å². The summed E-state index contributed by atoms with van der Waals surface area (Å²) in [5.74, 6) is -1.33. The predicted molar refractivity (Wildman–Crippen MR) is 106 cm³/mol. The Morgan fingerprint density at radius 2 is 1.68 bits per heavy atom. The van der Waals surface area contributed by atoms with Gasteiger partial charge in [-0.05, 0) is 66.4 Å². The first-order valence-corrected chi connectivity index (χ1v) is 10.8. The Morgan fingerprint density at radius 1 is 0.903 bits per heavy atom. The van der Waals surface area contributed by atoms with Crippen LogP contribution in [0.2, 0.25) is 0 Å². The van der Waals surface area contributed by atoms with Crippen LogP contribution in [0.15, 0.2) is 65.6 Å². The molecule has 0 aliphatic carbocycles. The van der Waals surface area contributed by atoms with Gasteiger partial charge in [-0.15, -0.1) is 0 Å². The SMILES string of the molecule is O=S(=O)(c1cccc(C(F)(F)F)c1)N1CCCc2ccc(-c3cc(F)ccc3F)cc21. The van der Waals surface area contributed by atoms with Gasteiger partial charge in [0.05, 0.1) is 16.1 Å². The summed E-state index contributed by atoms with van der Waals surface area (Å²) in [5, 5.41) is 0. The van der Waals surface area contributed by atoms with Gasteiger partial charge in [-0.1, -0.05) is 18.2 Å². The molecule has 3 aromatic rings. The van der Waals surface area contributed by atoms with E-state index in [0.717, 1.165) is 40.7 Å². The number of alkyl halides is 3. The fourth-order valence-corrected chi connectivity index (χ4v) is 5.22. The number of halogens is 5. The molecule has 0 N–H and O–H groups in total. The molecular weight excluding hydrogens is 437 g/mol. The van der Waals surface area contributed by atoms with Gasteiger partial charge in [0.25, 0.3) is 10.0 Å². The van der Waals surface area contributed by atoms with Crippen LogP contribution < -0.4 is 4.31 Å². The van der Waals surface area contributed by atoms with Gasteiger partial charge in [0.2, 0.25) is 0 Å². The van der Waals surface area contributed by atoms with Gasteiger partial charge < -0.3 is 0 Å². The van der Waals surface area contributed by atoms with Gasteiger partial charge in [-0.2, -0.15) is 13.2 Å². The summed E-state index contributed by atoms with van der Waals surface area (Å²) >= 11 is 0. The van der Waals surface area contributed by atoms with Crippen LogP contribution in [0.1, 0.15) is 17.5 Å². The van der Waals surface area contributed by atoms with E-state index in [1.54, 1.807) is 12.1 Å². The third kappa shape index (κ3) is 4.01. The third-order valence-electron chi connectivity index (χ3n) is 5.15. The molecule has 0 spiro atoms. The van der Waals surface area contributed by atoms with Crippen molar-refractivity contribution in [3.05, 3.63) is 83.4 Å². The lowest BCUT2D eigenvalue weighted by Gasteiger charge is -2.31. The van der Waals surface area contributed by atoms with E-state index >= 15 is 0 Å². The Kier molecular flexibility index (Phi) is 5.25. The molecular formula is C22H16F5NO2S. The fourth-order valence-electron chi connectivity index (χ4n) is 3.64. The van der Waals surface area contributed by atoms with Gasteiger partial charge >= 0.3 is 6.18 Å². The van der Waals surface area contributed by atoms with Crippen LogP contribution in [0.3, 0.4) is 0 Å². The van der Waals surface area contributed by atoms with Crippen molar-refractivity contribution in [2.75, 3.05) is 10.8 Å². The first-order chi connectivity index (χ1) is 14.6. The molecule has 4 rings (SSSR count). The van der Waals surface area contributed by atoms with Crippen LogP contribution in [-0.2, 0) is 22.6 Å². The van der Waals surface area contributed by atoms with E-state index in [4.69, 9.17) is 0 Å². The zero-order valence-corrected chi connectivity index (χ0v) is 16.8. The number of nitrogens with zero attached hydrogens (tertiary/aromatic N) is 1. The molecule has 9 heteroatoms. The number of fused-ring (bicyclic) bond motifs is 1. The molecule has 3 aromatic carbocycles. The van der Waals surface area contributed by atoms with Crippen LogP contribution in [-0.4, -0.2) is 15.0 Å². The zero-order chi connectivity index (χ0) is 22.4. The normalized spacial score (nSPS) is 14.4. The van der Waals surface area contributed by atoms with Gasteiger partial charge in [0, 0.05) is 12.1 Å². The highest BCUT2D eigenvalue weighted by molar-refractivity contribution is 7.92. The minimum atomic E-state index is -4.69. The number of aryl methyl sites for hydroxylation is 1. The second kappa shape index (κ2) is 7.64. The standard InChI is InChI=1S/C22H16F5NO2S/c23-17-8-9-20(24)19(13-17)15-7-6-14-3-2-10-28(21(14)11-15)31(29,30)18-5-1-4-16(12-18)22(25,26)27/h1,4-9,11-13H,2-3,10H2. The molecule has 1 heterocycles. The summed E-state index contributed by atoms with van der Waals surface area (Å²) in [6.07, 6.45) is -3.66. The first-order valence-electron chi connectivity index (χ1n) is 9.36. The molecule has 0 bridgehead atoms. The number of benzene rings is 3. The van der Waals surface area contributed by atoms with Crippen molar-refractivity contribution in [2.45, 2.75) is 23.9 Å². The molecule has 0 amide bonds. The Hall–Kier alpha value is -2.94. The molecule has 0 fully saturated rings. The monoisotopic (exact) mass is 453 g/mol. The molecule has 0 saturated carbocycles. The largest absolute Gasteiger partial charge is 0.416 e. The van der Waals surface area contributed by atoms with Gasteiger partial charge in [-0.3, -0.25) is 4.31 Å². The average Bonchev–Trinajstić information content (AvgIpc) is 2.74.